The third kappa shape index (κ3) is 5.35. The minimum absolute atomic E-state index is 0.165. The van der Waals surface area contributed by atoms with Gasteiger partial charge in [-0.15, -0.1) is 0 Å². The van der Waals surface area contributed by atoms with E-state index in [1.54, 1.807) is 18.3 Å². The molecule has 1 aromatic heterocycles. The highest BCUT2D eigenvalue weighted by Gasteiger charge is 2.09. The molecular formula is C17H18FN3O3. The molecule has 2 rings (SSSR count). The summed E-state index contributed by atoms with van der Waals surface area (Å²) in [6, 6.07) is 8.75. The average Bonchev–Trinajstić information content (AvgIpc) is 2.58. The SMILES string of the molecule is CCOc1cc(CNC(=O)CNC(=O)c2cccc(F)c2)ccn1. The smallest absolute Gasteiger partial charge is 0.251 e. The summed E-state index contributed by atoms with van der Waals surface area (Å²) in [5, 5.41) is 5.11. The molecular weight excluding hydrogens is 313 g/mol. The van der Waals surface area contributed by atoms with E-state index in [1.165, 1.54) is 18.2 Å². The van der Waals surface area contributed by atoms with Gasteiger partial charge in [-0.3, -0.25) is 9.59 Å². The molecule has 0 saturated carbocycles. The van der Waals surface area contributed by atoms with Crippen LogP contribution in [0.1, 0.15) is 22.8 Å². The molecule has 7 heteroatoms. The molecule has 1 aromatic carbocycles. The Kier molecular flexibility index (Phi) is 6.24. The second kappa shape index (κ2) is 8.61. The zero-order valence-corrected chi connectivity index (χ0v) is 13.2. The molecule has 0 radical (unpaired) electrons. The van der Waals surface area contributed by atoms with Gasteiger partial charge in [0.25, 0.3) is 5.91 Å². The minimum Gasteiger partial charge on any atom is -0.478 e. The number of amides is 2. The molecule has 6 nitrogen and oxygen atoms in total. The van der Waals surface area contributed by atoms with Crippen LogP contribution >= 0.6 is 0 Å². The predicted octanol–water partition coefficient (Wildman–Crippen LogP) is 1.67. The molecule has 0 fully saturated rings. The van der Waals surface area contributed by atoms with Crippen molar-refractivity contribution in [1.29, 1.82) is 0 Å². The van der Waals surface area contributed by atoms with Gasteiger partial charge in [0, 0.05) is 24.4 Å². The molecule has 2 amide bonds. The molecule has 0 aliphatic rings. The lowest BCUT2D eigenvalue weighted by Gasteiger charge is -2.08. The average molecular weight is 331 g/mol. The molecule has 126 valence electrons. The molecule has 0 bridgehead atoms. The zero-order chi connectivity index (χ0) is 17.4. The summed E-state index contributed by atoms with van der Waals surface area (Å²) < 4.78 is 18.3. The van der Waals surface area contributed by atoms with Crippen molar-refractivity contribution >= 4 is 11.8 Å². The van der Waals surface area contributed by atoms with Crippen molar-refractivity contribution in [3.8, 4) is 5.88 Å². The van der Waals surface area contributed by atoms with E-state index in [9.17, 15) is 14.0 Å². The lowest BCUT2D eigenvalue weighted by atomic mass is 10.2. The fourth-order valence-electron chi connectivity index (χ4n) is 1.94. The van der Waals surface area contributed by atoms with Gasteiger partial charge in [-0.1, -0.05) is 6.07 Å². The first-order valence-electron chi connectivity index (χ1n) is 7.46. The van der Waals surface area contributed by atoms with Gasteiger partial charge in [0.05, 0.1) is 13.2 Å². The van der Waals surface area contributed by atoms with Crippen LogP contribution in [0.4, 0.5) is 4.39 Å². The summed E-state index contributed by atoms with van der Waals surface area (Å²) in [6.45, 7) is 2.46. The van der Waals surface area contributed by atoms with E-state index in [1.807, 2.05) is 6.92 Å². The molecule has 0 spiro atoms. The van der Waals surface area contributed by atoms with Crippen LogP contribution in [0.5, 0.6) is 5.88 Å². The molecule has 0 aliphatic carbocycles. The lowest BCUT2D eigenvalue weighted by Crippen LogP contribution is -2.36. The number of pyridine rings is 1. The molecule has 2 aromatic rings. The third-order valence-electron chi connectivity index (χ3n) is 3.08. The summed E-state index contributed by atoms with van der Waals surface area (Å²) in [6.07, 6.45) is 1.60. The van der Waals surface area contributed by atoms with Gasteiger partial charge in [-0.25, -0.2) is 9.37 Å². The maximum Gasteiger partial charge on any atom is 0.251 e. The number of nitrogens with zero attached hydrogens (tertiary/aromatic N) is 1. The van der Waals surface area contributed by atoms with Crippen molar-refractivity contribution in [3.05, 3.63) is 59.5 Å². The second-order valence-electron chi connectivity index (χ2n) is 4.91. The van der Waals surface area contributed by atoms with E-state index in [-0.39, 0.29) is 24.6 Å². The van der Waals surface area contributed by atoms with Crippen molar-refractivity contribution in [2.45, 2.75) is 13.5 Å². The second-order valence-corrected chi connectivity index (χ2v) is 4.91. The van der Waals surface area contributed by atoms with Crippen molar-refractivity contribution in [3.63, 3.8) is 0 Å². The number of ether oxygens (including phenoxy) is 1. The van der Waals surface area contributed by atoms with E-state index in [2.05, 4.69) is 15.6 Å². The van der Waals surface area contributed by atoms with Gasteiger partial charge < -0.3 is 15.4 Å². The highest BCUT2D eigenvalue weighted by atomic mass is 19.1. The minimum atomic E-state index is -0.507. The number of hydrogen-bond donors (Lipinski definition) is 2. The van der Waals surface area contributed by atoms with Gasteiger partial charge in [0.2, 0.25) is 11.8 Å². The Labute approximate surface area is 139 Å². The fraction of sp³-hybridized carbons (Fsp3) is 0.235. The Hall–Kier alpha value is -2.96. The van der Waals surface area contributed by atoms with Crippen LogP contribution in [-0.4, -0.2) is 29.9 Å². The summed E-state index contributed by atoms with van der Waals surface area (Å²) >= 11 is 0. The van der Waals surface area contributed by atoms with Crippen LogP contribution in [0.3, 0.4) is 0 Å². The number of halogens is 1. The number of carbonyl (C=O) groups is 2. The molecule has 0 aliphatic heterocycles. The van der Waals surface area contributed by atoms with E-state index >= 15 is 0 Å². The normalized spacial score (nSPS) is 10.1. The van der Waals surface area contributed by atoms with Crippen LogP contribution in [0.25, 0.3) is 0 Å². The van der Waals surface area contributed by atoms with Crippen LogP contribution in [-0.2, 0) is 11.3 Å². The Morgan fingerprint density at radius 1 is 1.21 bits per heavy atom. The number of carbonyl (C=O) groups excluding carboxylic acids is 2. The number of aromatic nitrogens is 1. The topological polar surface area (TPSA) is 80.3 Å². The monoisotopic (exact) mass is 331 g/mol. The fourth-order valence-corrected chi connectivity index (χ4v) is 1.94. The number of rotatable bonds is 7. The highest BCUT2D eigenvalue weighted by Crippen LogP contribution is 2.08. The maximum absolute atomic E-state index is 13.0. The zero-order valence-electron chi connectivity index (χ0n) is 13.2. The number of benzene rings is 1. The number of nitrogens with one attached hydrogen (secondary N) is 2. The molecule has 0 saturated heterocycles. The summed E-state index contributed by atoms with van der Waals surface area (Å²) in [7, 11) is 0. The summed E-state index contributed by atoms with van der Waals surface area (Å²) in [4.78, 5) is 27.6. The first kappa shape index (κ1) is 17.4. The van der Waals surface area contributed by atoms with Crippen molar-refractivity contribution in [2.75, 3.05) is 13.2 Å². The Morgan fingerprint density at radius 2 is 2.04 bits per heavy atom. The summed E-state index contributed by atoms with van der Waals surface area (Å²) in [5.41, 5.74) is 0.997. The van der Waals surface area contributed by atoms with Crippen LogP contribution < -0.4 is 15.4 Å². The molecule has 24 heavy (non-hydrogen) atoms. The van der Waals surface area contributed by atoms with Gasteiger partial charge in [-0.2, -0.15) is 0 Å². The van der Waals surface area contributed by atoms with Crippen molar-refractivity contribution in [1.82, 2.24) is 15.6 Å². The van der Waals surface area contributed by atoms with Crippen molar-refractivity contribution < 1.29 is 18.7 Å². The standard InChI is InChI=1S/C17H18FN3O3/c1-2-24-16-8-12(6-7-19-16)10-20-15(22)11-21-17(23)13-4-3-5-14(18)9-13/h3-9H,2,10-11H2,1H3,(H,20,22)(H,21,23). The Balaban J connectivity index is 1.79. The van der Waals surface area contributed by atoms with Gasteiger partial charge in [0.15, 0.2) is 0 Å². The highest BCUT2D eigenvalue weighted by molar-refractivity contribution is 5.96. The lowest BCUT2D eigenvalue weighted by molar-refractivity contribution is -0.120. The van der Waals surface area contributed by atoms with Crippen LogP contribution in [0.2, 0.25) is 0 Å². The van der Waals surface area contributed by atoms with Crippen LogP contribution in [0, 0.1) is 5.82 Å². The van der Waals surface area contributed by atoms with Crippen molar-refractivity contribution in [2.24, 2.45) is 0 Å². The van der Waals surface area contributed by atoms with E-state index in [0.29, 0.717) is 12.5 Å². The molecule has 0 unspecified atom stereocenters. The van der Waals surface area contributed by atoms with E-state index < -0.39 is 11.7 Å². The first-order chi connectivity index (χ1) is 11.6. The summed E-state index contributed by atoms with van der Waals surface area (Å²) in [5.74, 6) is -0.875. The third-order valence-corrected chi connectivity index (χ3v) is 3.08. The molecule has 0 atom stereocenters. The number of hydrogen-bond acceptors (Lipinski definition) is 4. The molecule has 2 N–H and O–H groups in total. The van der Waals surface area contributed by atoms with Gasteiger partial charge >= 0.3 is 0 Å². The first-order valence-corrected chi connectivity index (χ1v) is 7.46. The van der Waals surface area contributed by atoms with Gasteiger partial charge in [-0.05, 0) is 36.8 Å². The molecule has 1 heterocycles. The predicted molar refractivity (Wildman–Crippen MR) is 86.0 cm³/mol. The Bertz CT molecular complexity index is 722. The van der Waals surface area contributed by atoms with Gasteiger partial charge in [0.1, 0.15) is 5.82 Å². The maximum atomic E-state index is 13.0. The largest absolute Gasteiger partial charge is 0.478 e. The van der Waals surface area contributed by atoms with E-state index in [0.717, 1.165) is 11.6 Å². The van der Waals surface area contributed by atoms with E-state index in [4.69, 9.17) is 4.74 Å². The Morgan fingerprint density at radius 3 is 2.79 bits per heavy atom. The quantitative estimate of drug-likeness (QED) is 0.809. The van der Waals surface area contributed by atoms with Crippen LogP contribution in [0.15, 0.2) is 42.6 Å².